The molecule has 0 saturated carbocycles. The van der Waals surface area contributed by atoms with Gasteiger partial charge in [0.1, 0.15) is 0 Å². The van der Waals surface area contributed by atoms with Crippen molar-refractivity contribution in [1.82, 2.24) is 5.32 Å². The number of ether oxygens (including phenoxy) is 1. The van der Waals surface area contributed by atoms with Gasteiger partial charge >= 0.3 is 0 Å². The van der Waals surface area contributed by atoms with Gasteiger partial charge in [-0.1, -0.05) is 39.0 Å². The van der Waals surface area contributed by atoms with Crippen LogP contribution in [0.3, 0.4) is 0 Å². The van der Waals surface area contributed by atoms with Crippen molar-refractivity contribution in [3.8, 4) is 0 Å². The third kappa shape index (κ3) is 7.24. The lowest BCUT2D eigenvalue weighted by Gasteiger charge is -2.15. The van der Waals surface area contributed by atoms with Crippen molar-refractivity contribution in [3.63, 3.8) is 0 Å². The minimum atomic E-state index is 0.721. The van der Waals surface area contributed by atoms with Crippen LogP contribution in [-0.4, -0.2) is 25.8 Å². The standard InChI is InChI=1S/C14H29NO/c1-2-3-4-5-6-7-11-15-14-9-8-12-16-13-10-14/h14-15H,2-13H2,1H3. The van der Waals surface area contributed by atoms with Gasteiger partial charge in [0.25, 0.3) is 0 Å². The van der Waals surface area contributed by atoms with Gasteiger partial charge in [0, 0.05) is 19.3 Å². The van der Waals surface area contributed by atoms with E-state index in [2.05, 4.69) is 12.2 Å². The maximum absolute atomic E-state index is 5.46. The van der Waals surface area contributed by atoms with Crippen molar-refractivity contribution in [2.45, 2.75) is 70.8 Å². The molecule has 2 nitrogen and oxygen atoms in total. The highest BCUT2D eigenvalue weighted by Crippen LogP contribution is 2.09. The lowest BCUT2D eigenvalue weighted by molar-refractivity contribution is 0.142. The van der Waals surface area contributed by atoms with E-state index in [9.17, 15) is 0 Å². The van der Waals surface area contributed by atoms with Crippen LogP contribution in [0.15, 0.2) is 0 Å². The summed E-state index contributed by atoms with van der Waals surface area (Å²) in [6.07, 6.45) is 12.1. The topological polar surface area (TPSA) is 21.3 Å². The van der Waals surface area contributed by atoms with Crippen LogP contribution in [0.4, 0.5) is 0 Å². The highest BCUT2D eigenvalue weighted by atomic mass is 16.5. The Morgan fingerprint density at radius 1 is 1.00 bits per heavy atom. The lowest BCUT2D eigenvalue weighted by atomic mass is 10.1. The first-order chi connectivity index (χ1) is 7.93. The molecule has 0 aromatic rings. The molecule has 0 aliphatic carbocycles. The lowest BCUT2D eigenvalue weighted by Crippen LogP contribution is -2.30. The van der Waals surface area contributed by atoms with Gasteiger partial charge in [-0.15, -0.1) is 0 Å². The van der Waals surface area contributed by atoms with Gasteiger partial charge in [-0.05, 0) is 32.2 Å². The molecule has 1 atom stereocenters. The van der Waals surface area contributed by atoms with Crippen LogP contribution in [-0.2, 0) is 4.74 Å². The Bertz CT molecular complexity index is 142. The quantitative estimate of drug-likeness (QED) is 0.641. The van der Waals surface area contributed by atoms with Crippen molar-refractivity contribution in [2.75, 3.05) is 19.8 Å². The maximum Gasteiger partial charge on any atom is 0.0480 e. The Balaban J connectivity index is 1.86. The second-order valence-corrected chi connectivity index (χ2v) is 4.96. The highest BCUT2D eigenvalue weighted by Gasteiger charge is 2.10. The van der Waals surface area contributed by atoms with Crippen LogP contribution in [0, 0.1) is 0 Å². The highest BCUT2D eigenvalue weighted by molar-refractivity contribution is 4.68. The molecule has 2 heteroatoms. The molecule has 1 saturated heterocycles. The first-order valence-corrected chi connectivity index (χ1v) is 7.24. The van der Waals surface area contributed by atoms with Crippen molar-refractivity contribution < 1.29 is 4.74 Å². The molecule has 16 heavy (non-hydrogen) atoms. The van der Waals surface area contributed by atoms with E-state index in [4.69, 9.17) is 4.74 Å². The third-order valence-electron chi connectivity index (χ3n) is 3.42. The molecule has 0 amide bonds. The maximum atomic E-state index is 5.46. The van der Waals surface area contributed by atoms with Gasteiger partial charge in [-0.2, -0.15) is 0 Å². The SMILES string of the molecule is CCCCCCCCNC1CCCOCC1. The molecule has 1 heterocycles. The van der Waals surface area contributed by atoms with Crippen molar-refractivity contribution in [2.24, 2.45) is 0 Å². The molecule has 96 valence electrons. The van der Waals surface area contributed by atoms with Gasteiger partial charge in [0.05, 0.1) is 0 Å². The molecular weight excluding hydrogens is 198 g/mol. The predicted octanol–water partition coefficient (Wildman–Crippen LogP) is 3.51. The molecule has 0 spiro atoms. The fourth-order valence-electron chi connectivity index (χ4n) is 2.32. The van der Waals surface area contributed by atoms with Crippen LogP contribution >= 0.6 is 0 Å². The summed E-state index contributed by atoms with van der Waals surface area (Å²) in [4.78, 5) is 0. The largest absolute Gasteiger partial charge is 0.381 e. The summed E-state index contributed by atoms with van der Waals surface area (Å²) in [6, 6.07) is 0.721. The van der Waals surface area contributed by atoms with Crippen molar-refractivity contribution in [3.05, 3.63) is 0 Å². The Morgan fingerprint density at radius 2 is 1.81 bits per heavy atom. The van der Waals surface area contributed by atoms with E-state index in [0.29, 0.717) is 0 Å². The van der Waals surface area contributed by atoms with E-state index in [1.54, 1.807) is 0 Å². The van der Waals surface area contributed by atoms with E-state index in [1.807, 2.05) is 0 Å². The van der Waals surface area contributed by atoms with Gasteiger partial charge in [-0.3, -0.25) is 0 Å². The van der Waals surface area contributed by atoms with E-state index in [1.165, 1.54) is 64.3 Å². The molecule has 0 bridgehead atoms. The second-order valence-electron chi connectivity index (χ2n) is 4.96. The molecule has 1 fully saturated rings. The minimum Gasteiger partial charge on any atom is -0.381 e. The van der Waals surface area contributed by atoms with Crippen molar-refractivity contribution in [1.29, 1.82) is 0 Å². The summed E-state index contributed by atoms with van der Waals surface area (Å²) in [5.74, 6) is 0. The van der Waals surface area contributed by atoms with Crippen LogP contribution in [0.2, 0.25) is 0 Å². The van der Waals surface area contributed by atoms with E-state index in [0.717, 1.165) is 19.3 Å². The Labute approximate surface area is 101 Å². The molecule has 0 aromatic carbocycles. The van der Waals surface area contributed by atoms with Crippen LogP contribution in [0.25, 0.3) is 0 Å². The third-order valence-corrected chi connectivity index (χ3v) is 3.42. The van der Waals surface area contributed by atoms with Crippen molar-refractivity contribution >= 4 is 0 Å². The molecule has 1 rings (SSSR count). The average molecular weight is 227 g/mol. The normalized spacial score (nSPS) is 21.9. The molecule has 1 aliphatic heterocycles. The first-order valence-electron chi connectivity index (χ1n) is 7.24. The minimum absolute atomic E-state index is 0.721. The molecule has 1 unspecified atom stereocenters. The number of hydrogen-bond acceptors (Lipinski definition) is 2. The van der Waals surface area contributed by atoms with E-state index in [-0.39, 0.29) is 0 Å². The number of hydrogen-bond donors (Lipinski definition) is 1. The Kier molecular flexibility index (Phi) is 8.83. The Hall–Kier alpha value is -0.0800. The number of unbranched alkanes of at least 4 members (excludes halogenated alkanes) is 5. The molecule has 1 N–H and O–H groups in total. The number of nitrogens with one attached hydrogen (secondary N) is 1. The summed E-state index contributed by atoms with van der Waals surface area (Å²) in [7, 11) is 0. The van der Waals surface area contributed by atoms with Gasteiger partial charge < -0.3 is 10.1 Å². The summed E-state index contributed by atoms with van der Waals surface area (Å²) < 4.78 is 5.46. The summed E-state index contributed by atoms with van der Waals surface area (Å²) >= 11 is 0. The van der Waals surface area contributed by atoms with Crippen LogP contribution in [0.5, 0.6) is 0 Å². The zero-order valence-corrected chi connectivity index (χ0v) is 11.0. The van der Waals surface area contributed by atoms with E-state index >= 15 is 0 Å². The first kappa shape index (κ1) is 14.0. The zero-order valence-electron chi connectivity index (χ0n) is 11.0. The molecule has 0 radical (unpaired) electrons. The van der Waals surface area contributed by atoms with Gasteiger partial charge in [0.2, 0.25) is 0 Å². The van der Waals surface area contributed by atoms with Crippen LogP contribution in [0.1, 0.15) is 64.7 Å². The van der Waals surface area contributed by atoms with Gasteiger partial charge in [0.15, 0.2) is 0 Å². The number of rotatable bonds is 8. The predicted molar refractivity (Wildman–Crippen MR) is 69.8 cm³/mol. The zero-order chi connectivity index (χ0) is 11.5. The smallest absolute Gasteiger partial charge is 0.0480 e. The average Bonchev–Trinajstić information content (AvgIpc) is 2.56. The summed E-state index contributed by atoms with van der Waals surface area (Å²) in [5.41, 5.74) is 0. The fraction of sp³-hybridized carbons (Fsp3) is 1.00. The van der Waals surface area contributed by atoms with Gasteiger partial charge in [-0.25, -0.2) is 0 Å². The molecular formula is C14H29NO. The Morgan fingerprint density at radius 3 is 2.69 bits per heavy atom. The summed E-state index contributed by atoms with van der Waals surface area (Å²) in [6.45, 7) is 5.40. The molecule has 0 aromatic heterocycles. The summed E-state index contributed by atoms with van der Waals surface area (Å²) in [5, 5.41) is 3.67. The second kappa shape index (κ2) is 10.1. The molecule has 1 aliphatic rings. The fourth-order valence-corrected chi connectivity index (χ4v) is 2.32. The van der Waals surface area contributed by atoms with Crippen LogP contribution < -0.4 is 5.32 Å². The monoisotopic (exact) mass is 227 g/mol. The van der Waals surface area contributed by atoms with E-state index < -0.39 is 0 Å².